The molecule has 14 heteroatoms. The number of fused-ring (bicyclic) bond motifs is 1. The number of hydrogen-bond acceptors (Lipinski definition) is 4. The molecule has 0 fully saturated rings. The number of amides is 1. The van der Waals surface area contributed by atoms with Gasteiger partial charge < -0.3 is 4.90 Å². The zero-order chi connectivity index (χ0) is 25.7. The van der Waals surface area contributed by atoms with E-state index in [1.54, 1.807) is 7.05 Å². The minimum absolute atomic E-state index is 0.0398. The van der Waals surface area contributed by atoms with Crippen molar-refractivity contribution >= 4 is 23.2 Å². The number of rotatable bonds is 5. The lowest BCUT2D eigenvalue weighted by Gasteiger charge is -2.21. The van der Waals surface area contributed by atoms with Gasteiger partial charge in [-0.1, -0.05) is 11.6 Å². The average Bonchev–Trinajstić information content (AvgIpc) is 3.36. The van der Waals surface area contributed by atoms with Crippen molar-refractivity contribution in [2.45, 2.75) is 18.6 Å². The fourth-order valence-electron chi connectivity index (χ4n) is 3.32. The average molecular weight is 517 g/mol. The lowest BCUT2D eigenvalue weighted by Crippen LogP contribution is -2.36. The van der Waals surface area contributed by atoms with E-state index in [0.29, 0.717) is 11.8 Å². The van der Waals surface area contributed by atoms with Crippen molar-refractivity contribution in [2.75, 3.05) is 7.05 Å². The van der Waals surface area contributed by atoms with Gasteiger partial charge in [0.2, 0.25) is 0 Å². The normalized spacial score (nSPS) is 12.4. The number of halogens is 7. The SMILES string of the molecule is CN(Cc1c(Cl)cnn1C)C(=O)c1cc2nc(-c3ccc(F)cc3)cc(C(F)(F)C(F)(F)F)n2n1. The summed E-state index contributed by atoms with van der Waals surface area (Å²) in [6.45, 7) is -0.0398. The molecule has 3 aromatic heterocycles. The van der Waals surface area contributed by atoms with E-state index < -0.39 is 40.9 Å². The third-order valence-electron chi connectivity index (χ3n) is 5.21. The third-order valence-corrected chi connectivity index (χ3v) is 5.52. The standard InChI is InChI=1S/C21H15ClF6N6O/c1-32(10-16-13(22)9-29-33(16)2)19(35)15-8-18-30-14(11-3-5-12(23)6-4-11)7-17(34(18)31-15)20(24,25)21(26,27)28/h3-9H,10H2,1-2H3. The van der Waals surface area contributed by atoms with Gasteiger partial charge in [0.15, 0.2) is 11.3 Å². The lowest BCUT2D eigenvalue weighted by molar-refractivity contribution is -0.291. The van der Waals surface area contributed by atoms with Gasteiger partial charge in [0.1, 0.15) is 11.5 Å². The summed E-state index contributed by atoms with van der Waals surface area (Å²) in [7, 11) is 2.97. The van der Waals surface area contributed by atoms with Crippen molar-refractivity contribution in [3.05, 3.63) is 70.5 Å². The van der Waals surface area contributed by atoms with Crippen LogP contribution in [0.4, 0.5) is 26.3 Å². The number of benzene rings is 1. The summed E-state index contributed by atoms with van der Waals surface area (Å²) in [6, 6.07) is 5.87. The maximum absolute atomic E-state index is 14.5. The van der Waals surface area contributed by atoms with Crippen molar-refractivity contribution in [1.82, 2.24) is 29.3 Å². The second-order valence-electron chi connectivity index (χ2n) is 7.63. The van der Waals surface area contributed by atoms with Crippen LogP contribution in [0, 0.1) is 5.82 Å². The van der Waals surface area contributed by atoms with Crippen LogP contribution in [0.5, 0.6) is 0 Å². The molecule has 184 valence electrons. The highest BCUT2D eigenvalue weighted by atomic mass is 35.5. The number of hydrogen-bond donors (Lipinski definition) is 0. The fraction of sp³-hybridized carbons (Fsp3) is 0.238. The number of carbonyl (C=O) groups is 1. The second-order valence-corrected chi connectivity index (χ2v) is 8.04. The largest absolute Gasteiger partial charge is 0.459 e. The molecule has 1 aromatic carbocycles. The van der Waals surface area contributed by atoms with Gasteiger partial charge in [-0.05, 0) is 30.3 Å². The molecule has 7 nitrogen and oxygen atoms in total. The van der Waals surface area contributed by atoms with Crippen molar-refractivity contribution in [2.24, 2.45) is 7.05 Å². The van der Waals surface area contributed by atoms with Gasteiger partial charge in [-0.15, -0.1) is 0 Å². The summed E-state index contributed by atoms with van der Waals surface area (Å²) in [6.07, 6.45) is -4.59. The Bertz CT molecular complexity index is 1390. The maximum atomic E-state index is 14.5. The lowest BCUT2D eigenvalue weighted by atomic mass is 10.1. The molecule has 0 atom stereocenters. The topological polar surface area (TPSA) is 68.3 Å². The van der Waals surface area contributed by atoms with E-state index >= 15 is 0 Å². The summed E-state index contributed by atoms with van der Waals surface area (Å²) in [5.74, 6) is -6.74. The molecular formula is C21H15ClF6N6O. The highest BCUT2D eigenvalue weighted by Crippen LogP contribution is 2.44. The summed E-state index contributed by atoms with van der Waals surface area (Å²) in [5, 5.41) is 7.93. The van der Waals surface area contributed by atoms with E-state index in [9.17, 15) is 31.1 Å². The number of carbonyl (C=O) groups excluding carboxylic acids is 1. The molecule has 0 aliphatic carbocycles. The molecule has 0 N–H and O–H groups in total. The van der Waals surface area contributed by atoms with Crippen LogP contribution in [0.25, 0.3) is 16.9 Å². The van der Waals surface area contributed by atoms with Gasteiger partial charge in [0, 0.05) is 25.7 Å². The Balaban J connectivity index is 1.82. The maximum Gasteiger partial charge on any atom is 0.459 e. The van der Waals surface area contributed by atoms with Crippen molar-refractivity contribution in [1.29, 1.82) is 0 Å². The Hall–Kier alpha value is -3.61. The molecule has 35 heavy (non-hydrogen) atoms. The molecule has 4 aromatic rings. The molecular weight excluding hydrogens is 502 g/mol. The zero-order valence-corrected chi connectivity index (χ0v) is 18.7. The molecule has 0 bridgehead atoms. The summed E-state index contributed by atoms with van der Waals surface area (Å²) >= 11 is 6.04. The van der Waals surface area contributed by atoms with Gasteiger partial charge in [-0.3, -0.25) is 9.48 Å². The Morgan fingerprint density at radius 2 is 1.77 bits per heavy atom. The number of alkyl halides is 5. The predicted molar refractivity (Wildman–Crippen MR) is 112 cm³/mol. The van der Waals surface area contributed by atoms with Gasteiger partial charge in [0.05, 0.1) is 29.2 Å². The predicted octanol–water partition coefficient (Wildman–Crippen LogP) is 4.85. The zero-order valence-electron chi connectivity index (χ0n) is 18.0. The van der Waals surface area contributed by atoms with E-state index in [2.05, 4.69) is 15.2 Å². The van der Waals surface area contributed by atoms with Crippen LogP contribution in [0.1, 0.15) is 21.9 Å². The number of aromatic nitrogens is 5. The van der Waals surface area contributed by atoms with E-state index in [1.165, 1.54) is 30.1 Å². The van der Waals surface area contributed by atoms with Gasteiger partial charge in [-0.2, -0.15) is 32.1 Å². The van der Waals surface area contributed by atoms with Crippen LogP contribution in [0.2, 0.25) is 5.02 Å². The molecule has 1 amide bonds. The van der Waals surface area contributed by atoms with Crippen LogP contribution in [-0.2, 0) is 19.5 Å². The number of nitrogens with zero attached hydrogens (tertiary/aromatic N) is 6. The third kappa shape index (κ3) is 4.43. The summed E-state index contributed by atoms with van der Waals surface area (Å²) in [5.41, 5.74) is -2.14. The highest BCUT2D eigenvalue weighted by Gasteiger charge is 2.60. The van der Waals surface area contributed by atoms with Crippen molar-refractivity contribution < 1.29 is 31.1 Å². The fourth-order valence-corrected chi connectivity index (χ4v) is 3.55. The quantitative estimate of drug-likeness (QED) is 0.356. The molecule has 0 saturated carbocycles. The first kappa shape index (κ1) is 24.5. The van der Waals surface area contributed by atoms with E-state index in [4.69, 9.17) is 11.6 Å². The monoisotopic (exact) mass is 516 g/mol. The molecule has 0 spiro atoms. The second kappa shape index (κ2) is 8.56. The molecule has 0 radical (unpaired) electrons. The molecule has 4 rings (SSSR count). The van der Waals surface area contributed by atoms with Gasteiger partial charge in [-0.25, -0.2) is 13.9 Å². The van der Waals surface area contributed by atoms with Crippen LogP contribution >= 0.6 is 11.6 Å². The molecule has 0 aliphatic heterocycles. The van der Waals surface area contributed by atoms with Gasteiger partial charge in [0.25, 0.3) is 5.91 Å². The minimum atomic E-state index is -5.95. The van der Waals surface area contributed by atoms with E-state index in [1.807, 2.05) is 0 Å². The van der Waals surface area contributed by atoms with Gasteiger partial charge >= 0.3 is 12.1 Å². The minimum Gasteiger partial charge on any atom is -0.334 e. The Kier molecular flexibility index (Phi) is 5.99. The highest BCUT2D eigenvalue weighted by molar-refractivity contribution is 6.31. The molecule has 0 unspecified atom stereocenters. The van der Waals surface area contributed by atoms with Crippen LogP contribution < -0.4 is 0 Å². The Morgan fingerprint density at radius 3 is 2.34 bits per heavy atom. The Labute approximate surface area is 198 Å². The summed E-state index contributed by atoms with van der Waals surface area (Å²) in [4.78, 5) is 18.1. The summed E-state index contributed by atoms with van der Waals surface area (Å²) < 4.78 is 83.7. The van der Waals surface area contributed by atoms with E-state index in [0.717, 1.165) is 23.1 Å². The first-order chi connectivity index (χ1) is 16.3. The van der Waals surface area contributed by atoms with E-state index in [-0.39, 0.29) is 27.3 Å². The molecule has 3 heterocycles. The first-order valence-electron chi connectivity index (χ1n) is 9.83. The molecule has 0 saturated heterocycles. The smallest absolute Gasteiger partial charge is 0.334 e. The van der Waals surface area contributed by atoms with Crippen molar-refractivity contribution in [3.8, 4) is 11.3 Å². The first-order valence-corrected chi connectivity index (χ1v) is 10.2. The Morgan fingerprint density at radius 1 is 1.11 bits per heavy atom. The van der Waals surface area contributed by atoms with Crippen LogP contribution in [0.3, 0.4) is 0 Å². The number of aryl methyl sites for hydroxylation is 1. The van der Waals surface area contributed by atoms with Crippen LogP contribution in [-0.4, -0.2) is 48.4 Å². The molecule has 0 aliphatic rings. The van der Waals surface area contributed by atoms with Crippen molar-refractivity contribution in [3.63, 3.8) is 0 Å². The van der Waals surface area contributed by atoms with Crippen LogP contribution in [0.15, 0.2) is 42.6 Å².